The fourth-order valence-electron chi connectivity index (χ4n) is 4.12. The van der Waals surface area contributed by atoms with E-state index in [1.54, 1.807) is 24.3 Å². The first-order valence-electron chi connectivity index (χ1n) is 10.4. The molecule has 0 saturated carbocycles. The summed E-state index contributed by atoms with van der Waals surface area (Å²) >= 11 is 0. The van der Waals surface area contributed by atoms with Crippen molar-refractivity contribution in [3.63, 3.8) is 0 Å². The number of ether oxygens (including phenoxy) is 5. The Hall–Kier alpha value is -3.46. The SMILES string of the molecule is COc1cc([C@H](OC(C)=O)[C@@H]2COC[C@H]2[C@@H](OC(C)=O)c2ccc(O)c(OC)c2)ccc1O. The van der Waals surface area contributed by atoms with Gasteiger partial charge in [0.2, 0.25) is 0 Å². The largest absolute Gasteiger partial charge is 0.504 e. The second kappa shape index (κ2) is 10.4. The number of hydrogen-bond acceptors (Lipinski definition) is 9. The molecule has 0 radical (unpaired) electrons. The van der Waals surface area contributed by atoms with Gasteiger partial charge >= 0.3 is 11.9 Å². The van der Waals surface area contributed by atoms with Crippen molar-refractivity contribution in [3.05, 3.63) is 47.5 Å². The molecular formula is C24H28O9. The standard InChI is InChI=1S/C24H28O9/c1-13(25)32-23(15-5-7-19(27)21(9-15)29-3)17-11-31-12-18(17)24(33-14(2)26)16-6-8-20(28)22(10-16)30-4/h5-10,17-18,23-24,27-28H,11-12H2,1-4H3/t17-,18-,23+,24+/m1/s1. The lowest BCUT2D eigenvalue weighted by Crippen LogP contribution is -2.30. The first-order chi connectivity index (χ1) is 15.7. The van der Waals surface area contributed by atoms with Crippen LogP contribution in [0.2, 0.25) is 0 Å². The molecule has 0 spiro atoms. The molecule has 0 unspecified atom stereocenters. The van der Waals surface area contributed by atoms with Crippen LogP contribution in [0.15, 0.2) is 36.4 Å². The highest BCUT2D eigenvalue weighted by molar-refractivity contribution is 5.67. The lowest BCUT2D eigenvalue weighted by Gasteiger charge is -2.32. The molecular weight excluding hydrogens is 432 g/mol. The molecule has 3 rings (SSSR count). The topological polar surface area (TPSA) is 121 Å². The highest BCUT2D eigenvalue weighted by atomic mass is 16.6. The van der Waals surface area contributed by atoms with E-state index in [0.29, 0.717) is 11.1 Å². The van der Waals surface area contributed by atoms with Gasteiger partial charge in [0, 0.05) is 25.7 Å². The molecule has 2 N–H and O–H groups in total. The summed E-state index contributed by atoms with van der Waals surface area (Å²) in [6.45, 7) is 3.12. The molecule has 2 aromatic rings. The summed E-state index contributed by atoms with van der Waals surface area (Å²) in [6, 6.07) is 9.41. The highest BCUT2D eigenvalue weighted by Crippen LogP contribution is 2.45. The van der Waals surface area contributed by atoms with Crippen molar-refractivity contribution in [2.75, 3.05) is 27.4 Å². The Morgan fingerprint density at radius 3 is 1.55 bits per heavy atom. The van der Waals surface area contributed by atoms with Crippen LogP contribution >= 0.6 is 0 Å². The summed E-state index contributed by atoms with van der Waals surface area (Å²) in [5, 5.41) is 20.0. The lowest BCUT2D eigenvalue weighted by molar-refractivity contribution is -0.157. The Kier molecular flexibility index (Phi) is 7.65. The number of esters is 2. The number of aromatic hydroxyl groups is 2. The molecule has 2 aromatic carbocycles. The van der Waals surface area contributed by atoms with E-state index >= 15 is 0 Å². The Morgan fingerprint density at radius 1 is 0.818 bits per heavy atom. The Bertz CT molecular complexity index is 924. The van der Waals surface area contributed by atoms with Crippen molar-refractivity contribution in [3.8, 4) is 23.0 Å². The Balaban J connectivity index is 2.03. The summed E-state index contributed by atoms with van der Waals surface area (Å²) in [6.07, 6.45) is -1.50. The zero-order chi connectivity index (χ0) is 24.1. The molecule has 1 heterocycles. The van der Waals surface area contributed by atoms with E-state index in [0.717, 1.165) is 0 Å². The molecule has 9 heteroatoms. The number of rotatable bonds is 8. The molecule has 1 aliphatic heterocycles. The predicted octanol–water partition coefficient (Wildman–Crippen LogP) is 3.29. The molecule has 0 amide bonds. The minimum absolute atomic E-state index is 0.0453. The van der Waals surface area contributed by atoms with Gasteiger partial charge in [0.1, 0.15) is 12.2 Å². The summed E-state index contributed by atoms with van der Waals surface area (Å²) in [4.78, 5) is 24.0. The van der Waals surface area contributed by atoms with Crippen LogP contribution < -0.4 is 9.47 Å². The van der Waals surface area contributed by atoms with Crippen molar-refractivity contribution < 1.29 is 43.5 Å². The monoisotopic (exact) mass is 460 g/mol. The van der Waals surface area contributed by atoms with E-state index in [9.17, 15) is 19.8 Å². The third-order valence-electron chi connectivity index (χ3n) is 5.60. The minimum atomic E-state index is -0.749. The van der Waals surface area contributed by atoms with Crippen LogP contribution in [0.1, 0.15) is 37.2 Å². The second-order valence-corrected chi connectivity index (χ2v) is 7.79. The molecule has 0 aliphatic carbocycles. The summed E-state index contributed by atoms with van der Waals surface area (Å²) in [5.74, 6) is -1.37. The number of phenols is 2. The average molecular weight is 460 g/mol. The zero-order valence-electron chi connectivity index (χ0n) is 18.9. The van der Waals surface area contributed by atoms with Crippen molar-refractivity contribution in [1.29, 1.82) is 0 Å². The van der Waals surface area contributed by atoms with Gasteiger partial charge in [-0.1, -0.05) is 12.1 Å². The van der Waals surface area contributed by atoms with Gasteiger partial charge < -0.3 is 33.9 Å². The average Bonchev–Trinajstić information content (AvgIpc) is 3.26. The van der Waals surface area contributed by atoms with Crippen LogP contribution in [0, 0.1) is 11.8 Å². The molecule has 0 bridgehead atoms. The Labute approximate surface area is 191 Å². The third-order valence-corrected chi connectivity index (χ3v) is 5.60. The lowest BCUT2D eigenvalue weighted by atomic mass is 9.81. The van der Waals surface area contributed by atoms with E-state index < -0.39 is 24.1 Å². The van der Waals surface area contributed by atoms with Gasteiger partial charge in [-0.25, -0.2) is 0 Å². The van der Waals surface area contributed by atoms with E-state index in [2.05, 4.69) is 0 Å². The molecule has 9 nitrogen and oxygen atoms in total. The van der Waals surface area contributed by atoms with Crippen LogP contribution in [-0.4, -0.2) is 49.6 Å². The van der Waals surface area contributed by atoms with Crippen molar-refractivity contribution >= 4 is 11.9 Å². The van der Waals surface area contributed by atoms with Crippen LogP contribution in [0.3, 0.4) is 0 Å². The highest BCUT2D eigenvalue weighted by Gasteiger charge is 2.44. The smallest absolute Gasteiger partial charge is 0.303 e. The van der Waals surface area contributed by atoms with Crippen LogP contribution in [0.5, 0.6) is 23.0 Å². The van der Waals surface area contributed by atoms with E-state index in [-0.39, 0.29) is 48.0 Å². The molecule has 1 saturated heterocycles. The first-order valence-corrected chi connectivity index (χ1v) is 10.4. The van der Waals surface area contributed by atoms with Crippen LogP contribution in [0.4, 0.5) is 0 Å². The van der Waals surface area contributed by atoms with Gasteiger partial charge in [-0.05, 0) is 35.4 Å². The second-order valence-electron chi connectivity index (χ2n) is 7.79. The quantitative estimate of drug-likeness (QED) is 0.572. The molecule has 4 atom stereocenters. The summed E-state index contributed by atoms with van der Waals surface area (Å²) in [7, 11) is 2.85. The van der Waals surface area contributed by atoms with Gasteiger partial charge in [-0.15, -0.1) is 0 Å². The normalized spacial score (nSPS) is 19.4. The number of carbonyl (C=O) groups is 2. The maximum atomic E-state index is 12.0. The van der Waals surface area contributed by atoms with Crippen molar-refractivity contribution in [2.45, 2.75) is 26.1 Å². The molecule has 1 fully saturated rings. The minimum Gasteiger partial charge on any atom is -0.504 e. The fraction of sp³-hybridized carbons (Fsp3) is 0.417. The summed E-state index contributed by atoms with van der Waals surface area (Å²) < 4.78 is 27.5. The fourth-order valence-corrected chi connectivity index (χ4v) is 4.12. The van der Waals surface area contributed by atoms with Crippen LogP contribution in [-0.2, 0) is 23.8 Å². The zero-order valence-corrected chi connectivity index (χ0v) is 18.9. The van der Waals surface area contributed by atoms with Crippen molar-refractivity contribution in [1.82, 2.24) is 0 Å². The van der Waals surface area contributed by atoms with E-state index in [1.165, 1.54) is 40.2 Å². The number of phenolic OH excluding ortho intramolecular Hbond substituents is 2. The van der Waals surface area contributed by atoms with Gasteiger partial charge in [0.05, 0.1) is 27.4 Å². The predicted molar refractivity (Wildman–Crippen MR) is 116 cm³/mol. The number of methoxy groups -OCH3 is 2. The molecule has 0 aromatic heterocycles. The van der Waals surface area contributed by atoms with Gasteiger partial charge in [0.25, 0.3) is 0 Å². The Morgan fingerprint density at radius 2 is 1.21 bits per heavy atom. The molecule has 178 valence electrons. The van der Waals surface area contributed by atoms with E-state index in [4.69, 9.17) is 23.7 Å². The van der Waals surface area contributed by atoms with Crippen LogP contribution in [0.25, 0.3) is 0 Å². The third kappa shape index (κ3) is 5.48. The van der Waals surface area contributed by atoms with Gasteiger partial charge in [-0.2, -0.15) is 0 Å². The maximum Gasteiger partial charge on any atom is 0.303 e. The summed E-state index contributed by atoms with van der Waals surface area (Å²) in [5.41, 5.74) is 1.20. The first kappa shape index (κ1) is 24.2. The number of benzene rings is 2. The molecule has 33 heavy (non-hydrogen) atoms. The van der Waals surface area contributed by atoms with Gasteiger partial charge in [-0.3, -0.25) is 9.59 Å². The number of carbonyl (C=O) groups excluding carboxylic acids is 2. The van der Waals surface area contributed by atoms with E-state index in [1.807, 2.05) is 0 Å². The maximum absolute atomic E-state index is 12.0. The van der Waals surface area contributed by atoms with Gasteiger partial charge in [0.15, 0.2) is 23.0 Å². The van der Waals surface area contributed by atoms with Crippen molar-refractivity contribution in [2.24, 2.45) is 11.8 Å². The number of hydrogen-bond donors (Lipinski definition) is 2. The molecule has 1 aliphatic rings.